The van der Waals surface area contributed by atoms with E-state index in [1.807, 2.05) is 6.92 Å². The number of nitro groups is 1. The molecule has 6 heteroatoms. The molecule has 15 heavy (non-hydrogen) atoms. The van der Waals surface area contributed by atoms with Crippen LogP contribution in [0.2, 0.25) is 0 Å². The van der Waals surface area contributed by atoms with Crippen molar-refractivity contribution in [3.05, 3.63) is 33.9 Å². The van der Waals surface area contributed by atoms with Crippen LogP contribution in [0, 0.1) is 10.1 Å². The summed E-state index contributed by atoms with van der Waals surface area (Å²) in [5.41, 5.74) is 3.38. The number of nitrogens with one attached hydrogen (secondary N) is 1. The van der Waals surface area contributed by atoms with E-state index in [2.05, 4.69) is 5.43 Å². The maximum Gasteiger partial charge on any atom is 0.293 e. The minimum Gasteiger partial charge on any atom is -0.377 e. The maximum atomic E-state index is 10.6. The van der Waals surface area contributed by atoms with E-state index in [0.717, 1.165) is 5.56 Å². The number of nitrogens with zero attached hydrogens (tertiary/aromatic N) is 1. The standard InChI is InChI=1S/C9H13N3O3/c1-2-15-6-7-3-4-9(12(13)14)8(5-7)11-10/h3-5,11H,2,6,10H2,1H3. The van der Waals surface area contributed by atoms with Crippen LogP contribution in [0.15, 0.2) is 18.2 Å². The molecular weight excluding hydrogens is 198 g/mol. The molecule has 0 bridgehead atoms. The average Bonchev–Trinajstić information content (AvgIpc) is 2.25. The number of ether oxygens (including phenoxy) is 1. The number of nitrogens with two attached hydrogens (primary N) is 1. The Bertz CT molecular complexity index is 354. The Balaban J connectivity index is 2.92. The van der Waals surface area contributed by atoms with Crippen LogP contribution >= 0.6 is 0 Å². The number of hydrazine groups is 1. The number of nitrogen functional groups attached to an aromatic ring is 1. The Labute approximate surface area is 87.2 Å². The Morgan fingerprint density at radius 3 is 2.87 bits per heavy atom. The molecule has 0 aromatic heterocycles. The molecule has 0 atom stereocenters. The molecular formula is C9H13N3O3. The molecule has 0 saturated carbocycles. The normalized spacial score (nSPS) is 10.0. The van der Waals surface area contributed by atoms with Gasteiger partial charge in [-0.1, -0.05) is 0 Å². The van der Waals surface area contributed by atoms with Crippen molar-refractivity contribution in [1.29, 1.82) is 0 Å². The van der Waals surface area contributed by atoms with Crippen molar-refractivity contribution < 1.29 is 9.66 Å². The highest BCUT2D eigenvalue weighted by Gasteiger charge is 2.12. The van der Waals surface area contributed by atoms with Gasteiger partial charge >= 0.3 is 0 Å². The molecule has 0 amide bonds. The van der Waals surface area contributed by atoms with Crippen LogP contribution in [0.25, 0.3) is 0 Å². The van der Waals surface area contributed by atoms with E-state index in [-0.39, 0.29) is 11.4 Å². The second-order valence-corrected chi connectivity index (χ2v) is 2.89. The second-order valence-electron chi connectivity index (χ2n) is 2.89. The molecule has 0 heterocycles. The third-order valence-electron chi connectivity index (χ3n) is 1.89. The van der Waals surface area contributed by atoms with Gasteiger partial charge < -0.3 is 10.2 Å². The van der Waals surface area contributed by atoms with Crippen LogP contribution in [0.1, 0.15) is 12.5 Å². The molecule has 0 unspecified atom stereocenters. The van der Waals surface area contributed by atoms with Crippen LogP contribution in [-0.4, -0.2) is 11.5 Å². The van der Waals surface area contributed by atoms with Crippen molar-refractivity contribution in [3.63, 3.8) is 0 Å². The van der Waals surface area contributed by atoms with Gasteiger partial charge in [-0.05, 0) is 24.6 Å². The first-order valence-electron chi connectivity index (χ1n) is 4.50. The fourth-order valence-electron chi connectivity index (χ4n) is 1.17. The molecule has 0 saturated heterocycles. The number of benzene rings is 1. The van der Waals surface area contributed by atoms with Gasteiger partial charge in [0.2, 0.25) is 0 Å². The van der Waals surface area contributed by atoms with Crippen molar-refractivity contribution in [2.24, 2.45) is 5.84 Å². The lowest BCUT2D eigenvalue weighted by Gasteiger charge is -2.05. The summed E-state index contributed by atoms with van der Waals surface area (Å²) in [6.45, 7) is 2.90. The Kier molecular flexibility index (Phi) is 4.02. The van der Waals surface area contributed by atoms with E-state index >= 15 is 0 Å². The summed E-state index contributed by atoms with van der Waals surface area (Å²) in [5, 5.41) is 10.6. The highest BCUT2D eigenvalue weighted by atomic mass is 16.6. The first kappa shape index (κ1) is 11.4. The molecule has 0 radical (unpaired) electrons. The SMILES string of the molecule is CCOCc1ccc([N+](=O)[O-])c(NN)c1. The van der Waals surface area contributed by atoms with E-state index in [1.54, 1.807) is 12.1 Å². The zero-order chi connectivity index (χ0) is 11.3. The smallest absolute Gasteiger partial charge is 0.293 e. The Morgan fingerprint density at radius 1 is 1.60 bits per heavy atom. The molecule has 0 spiro atoms. The molecule has 1 aromatic carbocycles. The lowest BCUT2D eigenvalue weighted by Crippen LogP contribution is -2.09. The van der Waals surface area contributed by atoms with E-state index in [0.29, 0.717) is 13.2 Å². The van der Waals surface area contributed by atoms with Crippen molar-refractivity contribution >= 4 is 11.4 Å². The molecule has 82 valence electrons. The van der Waals surface area contributed by atoms with Gasteiger partial charge in [-0.2, -0.15) is 0 Å². The fourth-order valence-corrected chi connectivity index (χ4v) is 1.17. The zero-order valence-corrected chi connectivity index (χ0v) is 8.40. The van der Waals surface area contributed by atoms with Crippen molar-refractivity contribution in [2.45, 2.75) is 13.5 Å². The first-order valence-corrected chi connectivity index (χ1v) is 4.50. The molecule has 0 aliphatic rings. The summed E-state index contributed by atoms with van der Waals surface area (Å²) < 4.78 is 5.18. The van der Waals surface area contributed by atoms with Gasteiger partial charge in [0.25, 0.3) is 5.69 Å². The third kappa shape index (κ3) is 2.90. The topological polar surface area (TPSA) is 90.4 Å². The molecule has 3 N–H and O–H groups in total. The van der Waals surface area contributed by atoms with Crippen LogP contribution in [0.4, 0.5) is 11.4 Å². The van der Waals surface area contributed by atoms with E-state index in [9.17, 15) is 10.1 Å². The van der Waals surface area contributed by atoms with Crippen LogP contribution in [-0.2, 0) is 11.3 Å². The Hall–Kier alpha value is -1.66. The molecule has 6 nitrogen and oxygen atoms in total. The summed E-state index contributed by atoms with van der Waals surface area (Å²) in [7, 11) is 0. The molecule has 0 aliphatic carbocycles. The van der Waals surface area contributed by atoms with E-state index in [1.165, 1.54) is 6.07 Å². The number of hydrogen-bond donors (Lipinski definition) is 2. The number of nitro benzene ring substituents is 1. The zero-order valence-electron chi connectivity index (χ0n) is 8.40. The lowest BCUT2D eigenvalue weighted by molar-refractivity contribution is -0.384. The predicted molar refractivity (Wildman–Crippen MR) is 56.2 cm³/mol. The quantitative estimate of drug-likeness (QED) is 0.436. The van der Waals surface area contributed by atoms with Gasteiger partial charge in [0.15, 0.2) is 0 Å². The first-order chi connectivity index (χ1) is 7.19. The number of anilines is 1. The van der Waals surface area contributed by atoms with Crippen LogP contribution in [0.3, 0.4) is 0 Å². The van der Waals surface area contributed by atoms with Gasteiger partial charge in [0.1, 0.15) is 5.69 Å². The fraction of sp³-hybridized carbons (Fsp3) is 0.333. The largest absolute Gasteiger partial charge is 0.377 e. The summed E-state index contributed by atoms with van der Waals surface area (Å²) in [5.74, 6) is 5.19. The number of rotatable bonds is 5. The van der Waals surface area contributed by atoms with Crippen LogP contribution < -0.4 is 11.3 Å². The second kappa shape index (κ2) is 5.28. The summed E-state index contributed by atoms with van der Waals surface area (Å²) in [6, 6.07) is 4.66. The predicted octanol–water partition coefficient (Wildman–Crippen LogP) is 1.42. The summed E-state index contributed by atoms with van der Waals surface area (Å²) in [4.78, 5) is 10.1. The van der Waals surface area contributed by atoms with E-state index < -0.39 is 4.92 Å². The number of hydrogen-bond acceptors (Lipinski definition) is 5. The van der Waals surface area contributed by atoms with Crippen molar-refractivity contribution in [2.75, 3.05) is 12.0 Å². The summed E-state index contributed by atoms with van der Waals surface area (Å²) >= 11 is 0. The Morgan fingerprint density at radius 2 is 2.33 bits per heavy atom. The van der Waals surface area contributed by atoms with Crippen LogP contribution in [0.5, 0.6) is 0 Å². The average molecular weight is 211 g/mol. The maximum absolute atomic E-state index is 10.6. The van der Waals surface area contributed by atoms with Crippen molar-refractivity contribution in [1.82, 2.24) is 0 Å². The van der Waals surface area contributed by atoms with E-state index in [4.69, 9.17) is 10.6 Å². The molecule has 1 rings (SSSR count). The minimum absolute atomic E-state index is 0.0438. The van der Waals surface area contributed by atoms with Gasteiger partial charge in [0, 0.05) is 12.7 Å². The summed E-state index contributed by atoms with van der Waals surface area (Å²) in [6.07, 6.45) is 0. The molecule has 0 aliphatic heterocycles. The highest BCUT2D eigenvalue weighted by Crippen LogP contribution is 2.24. The monoisotopic (exact) mass is 211 g/mol. The molecule has 1 aromatic rings. The minimum atomic E-state index is -0.486. The highest BCUT2D eigenvalue weighted by molar-refractivity contribution is 5.61. The van der Waals surface area contributed by atoms with Gasteiger partial charge in [-0.15, -0.1) is 0 Å². The van der Waals surface area contributed by atoms with Gasteiger partial charge in [0.05, 0.1) is 11.5 Å². The van der Waals surface area contributed by atoms with Gasteiger partial charge in [-0.25, -0.2) is 0 Å². The van der Waals surface area contributed by atoms with Crippen molar-refractivity contribution in [3.8, 4) is 0 Å². The third-order valence-corrected chi connectivity index (χ3v) is 1.89. The molecule has 0 fully saturated rings. The lowest BCUT2D eigenvalue weighted by atomic mass is 10.2. The van der Waals surface area contributed by atoms with Gasteiger partial charge in [-0.3, -0.25) is 16.0 Å².